The molecule has 0 unspecified atom stereocenters. The van der Waals surface area contributed by atoms with E-state index in [4.69, 9.17) is 21.3 Å². The number of ether oxygens (including phenoxy) is 1. The fourth-order valence-electron chi connectivity index (χ4n) is 2.51. The van der Waals surface area contributed by atoms with Crippen LogP contribution in [0.15, 0.2) is 59.6 Å². The third-order valence-corrected chi connectivity index (χ3v) is 5.01. The van der Waals surface area contributed by atoms with Crippen molar-refractivity contribution in [3.05, 3.63) is 59.6 Å². The molecular formula is C20H20ClN3O2S. The summed E-state index contributed by atoms with van der Waals surface area (Å²) in [6.07, 6.45) is 0. The summed E-state index contributed by atoms with van der Waals surface area (Å²) in [7, 11) is 1.61. The van der Waals surface area contributed by atoms with Crippen LogP contribution < -0.4 is 5.32 Å². The van der Waals surface area contributed by atoms with Gasteiger partial charge in [0.1, 0.15) is 10.9 Å². The van der Waals surface area contributed by atoms with Gasteiger partial charge in [0.2, 0.25) is 5.91 Å². The van der Waals surface area contributed by atoms with Crippen LogP contribution in [0.5, 0.6) is 0 Å². The van der Waals surface area contributed by atoms with Crippen molar-refractivity contribution in [2.45, 2.75) is 5.03 Å². The largest absolute Gasteiger partial charge is 0.383 e. The zero-order valence-corrected chi connectivity index (χ0v) is 16.4. The molecule has 2 aromatic carbocycles. The van der Waals surface area contributed by atoms with Gasteiger partial charge >= 0.3 is 0 Å². The first-order valence-corrected chi connectivity index (χ1v) is 9.83. The van der Waals surface area contributed by atoms with Crippen molar-refractivity contribution < 1.29 is 9.53 Å². The fraction of sp³-hybridized carbons (Fsp3) is 0.200. The van der Waals surface area contributed by atoms with E-state index in [0.29, 0.717) is 18.2 Å². The number of carbonyl (C=O) groups is 1. The molecule has 3 rings (SSSR count). The predicted molar refractivity (Wildman–Crippen MR) is 110 cm³/mol. The lowest BCUT2D eigenvalue weighted by Crippen LogP contribution is -2.28. The van der Waals surface area contributed by atoms with Crippen LogP contribution in [0.4, 0.5) is 0 Å². The van der Waals surface area contributed by atoms with Gasteiger partial charge in [-0.2, -0.15) is 0 Å². The van der Waals surface area contributed by atoms with E-state index in [2.05, 4.69) is 10.3 Å². The molecule has 1 aromatic heterocycles. The zero-order valence-electron chi connectivity index (χ0n) is 14.9. The molecule has 1 amide bonds. The van der Waals surface area contributed by atoms with Crippen molar-refractivity contribution in [1.29, 1.82) is 0 Å². The third-order valence-electron chi connectivity index (χ3n) is 3.80. The van der Waals surface area contributed by atoms with Crippen LogP contribution in [0.2, 0.25) is 5.02 Å². The van der Waals surface area contributed by atoms with Crippen molar-refractivity contribution in [3.8, 4) is 22.6 Å². The Kier molecular flexibility index (Phi) is 6.92. The maximum absolute atomic E-state index is 12.0. The lowest BCUT2D eigenvalue weighted by molar-refractivity contribution is -0.118. The maximum Gasteiger partial charge on any atom is 0.230 e. The number of nitrogens with zero attached hydrogens (tertiary/aromatic N) is 1. The second kappa shape index (κ2) is 9.60. The molecule has 0 aliphatic heterocycles. The van der Waals surface area contributed by atoms with Crippen LogP contribution >= 0.6 is 23.4 Å². The smallest absolute Gasteiger partial charge is 0.230 e. The van der Waals surface area contributed by atoms with Crippen LogP contribution in [0, 0.1) is 0 Å². The number of amides is 1. The zero-order chi connectivity index (χ0) is 19.1. The summed E-state index contributed by atoms with van der Waals surface area (Å²) in [6.45, 7) is 0.989. The number of methoxy groups -OCH3 is 1. The number of rotatable bonds is 8. The van der Waals surface area contributed by atoms with E-state index in [1.165, 1.54) is 11.8 Å². The second-order valence-electron chi connectivity index (χ2n) is 5.77. The molecule has 0 atom stereocenters. The molecule has 0 radical (unpaired) electrons. The fourth-order valence-corrected chi connectivity index (χ4v) is 3.54. The maximum atomic E-state index is 12.0. The molecule has 1 heterocycles. The highest BCUT2D eigenvalue weighted by Crippen LogP contribution is 2.32. The summed E-state index contributed by atoms with van der Waals surface area (Å²) in [5.74, 6) is 0.950. The molecule has 0 fully saturated rings. The normalized spacial score (nSPS) is 10.7. The first-order valence-electron chi connectivity index (χ1n) is 8.47. The van der Waals surface area contributed by atoms with Gasteiger partial charge in [-0.3, -0.25) is 4.79 Å². The number of carbonyl (C=O) groups excluding carboxylic acids is 1. The van der Waals surface area contributed by atoms with Crippen molar-refractivity contribution in [2.24, 2.45) is 0 Å². The molecule has 0 bridgehead atoms. The van der Waals surface area contributed by atoms with E-state index in [1.807, 2.05) is 54.6 Å². The molecule has 0 aliphatic rings. The Labute approximate surface area is 167 Å². The molecule has 0 saturated heterocycles. The number of hydrogen-bond acceptors (Lipinski definition) is 4. The highest BCUT2D eigenvalue weighted by Gasteiger charge is 2.15. The minimum atomic E-state index is -0.0524. The number of benzene rings is 2. The van der Waals surface area contributed by atoms with Crippen LogP contribution in [0.1, 0.15) is 0 Å². The number of H-pyrrole nitrogens is 1. The Morgan fingerprint density at radius 2 is 1.96 bits per heavy atom. The molecule has 2 N–H and O–H groups in total. The van der Waals surface area contributed by atoms with Gasteiger partial charge in [0.15, 0.2) is 0 Å². The SMILES string of the molecule is COCCNC(=O)CSc1nc(-c2cccc(Cl)c2)[nH]c1-c1ccccc1. The summed E-state index contributed by atoms with van der Waals surface area (Å²) in [5, 5.41) is 4.24. The number of imidazole rings is 1. The van der Waals surface area contributed by atoms with E-state index in [9.17, 15) is 4.79 Å². The molecule has 0 spiro atoms. The summed E-state index contributed by atoms with van der Waals surface area (Å²) >= 11 is 7.51. The third kappa shape index (κ3) is 5.35. The first-order chi connectivity index (χ1) is 13.2. The van der Waals surface area contributed by atoms with Gasteiger partial charge < -0.3 is 15.0 Å². The minimum absolute atomic E-state index is 0.0524. The number of thioether (sulfide) groups is 1. The van der Waals surface area contributed by atoms with Crippen molar-refractivity contribution in [3.63, 3.8) is 0 Å². The second-order valence-corrected chi connectivity index (χ2v) is 7.17. The van der Waals surface area contributed by atoms with Crippen molar-refractivity contribution in [1.82, 2.24) is 15.3 Å². The summed E-state index contributed by atoms with van der Waals surface area (Å²) < 4.78 is 4.94. The topological polar surface area (TPSA) is 67.0 Å². The highest BCUT2D eigenvalue weighted by atomic mass is 35.5. The average molecular weight is 402 g/mol. The Hall–Kier alpha value is -2.28. The molecule has 0 saturated carbocycles. The monoisotopic (exact) mass is 401 g/mol. The van der Waals surface area contributed by atoms with Crippen molar-refractivity contribution >= 4 is 29.3 Å². The lowest BCUT2D eigenvalue weighted by Gasteiger charge is -2.04. The van der Waals surface area contributed by atoms with Crippen molar-refractivity contribution in [2.75, 3.05) is 26.0 Å². The number of nitrogens with one attached hydrogen (secondary N) is 2. The summed E-state index contributed by atoms with van der Waals surface area (Å²) in [6, 6.07) is 17.5. The van der Waals surface area contributed by atoms with Gasteiger partial charge in [0, 0.05) is 29.8 Å². The molecule has 7 heteroatoms. The number of aromatic nitrogens is 2. The predicted octanol–water partition coefficient (Wildman–Crippen LogP) is 4.25. The first kappa shape index (κ1) is 19.5. The number of halogens is 1. The highest BCUT2D eigenvalue weighted by molar-refractivity contribution is 8.00. The average Bonchev–Trinajstić information content (AvgIpc) is 3.12. The molecule has 0 aliphatic carbocycles. The Bertz CT molecular complexity index is 899. The van der Waals surface area contributed by atoms with Crippen LogP contribution in [0.3, 0.4) is 0 Å². The Balaban J connectivity index is 1.84. The van der Waals surface area contributed by atoms with Crippen LogP contribution in [0.25, 0.3) is 22.6 Å². The van der Waals surface area contributed by atoms with E-state index >= 15 is 0 Å². The number of hydrogen-bond donors (Lipinski definition) is 2. The van der Waals surface area contributed by atoms with E-state index in [0.717, 1.165) is 27.7 Å². The molecule has 5 nitrogen and oxygen atoms in total. The van der Waals surface area contributed by atoms with Gasteiger partial charge in [-0.05, 0) is 12.1 Å². The summed E-state index contributed by atoms with van der Waals surface area (Å²) in [5.41, 5.74) is 2.80. The Morgan fingerprint density at radius 3 is 2.70 bits per heavy atom. The number of aromatic amines is 1. The minimum Gasteiger partial charge on any atom is -0.383 e. The van der Waals surface area contributed by atoms with E-state index < -0.39 is 0 Å². The molecule has 27 heavy (non-hydrogen) atoms. The quantitative estimate of drug-likeness (QED) is 0.437. The van der Waals surface area contributed by atoms with E-state index in [1.54, 1.807) is 7.11 Å². The van der Waals surface area contributed by atoms with Gasteiger partial charge in [-0.25, -0.2) is 4.98 Å². The standard InChI is InChI=1S/C20H20ClN3O2S/c1-26-11-10-22-17(25)13-27-20-18(14-6-3-2-4-7-14)23-19(24-20)15-8-5-9-16(21)12-15/h2-9,12H,10-11,13H2,1H3,(H,22,25)(H,23,24). The molecule has 3 aromatic rings. The summed E-state index contributed by atoms with van der Waals surface area (Å²) in [4.78, 5) is 20.1. The van der Waals surface area contributed by atoms with Gasteiger partial charge in [0.05, 0.1) is 18.1 Å². The van der Waals surface area contributed by atoms with Gasteiger partial charge in [0.25, 0.3) is 0 Å². The van der Waals surface area contributed by atoms with Gasteiger partial charge in [-0.1, -0.05) is 65.8 Å². The Morgan fingerprint density at radius 1 is 1.19 bits per heavy atom. The molecular weight excluding hydrogens is 382 g/mol. The lowest BCUT2D eigenvalue weighted by atomic mass is 10.2. The van der Waals surface area contributed by atoms with Crippen LogP contribution in [-0.2, 0) is 9.53 Å². The molecule has 140 valence electrons. The van der Waals surface area contributed by atoms with Crippen LogP contribution in [-0.4, -0.2) is 41.9 Å². The van der Waals surface area contributed by atoms with Gasteiger partial charge in [-0.15, -0.1) is 0 Å². The van der Waals surface area contributed by atoms with E-state index in [-0.39, 0.29) is 11.7 Å².